The Labute approximate surface area is 97.1 Å². The topological polar surface area (TPSA) is 30.5 Å². The van der Waals surface area contributed by atoms with Crippen molar-refractivity contribution in [3.8, 4) is 11.5 Å². The van der Waals surface area contributed by atoms with E-state index in [0.29, 0.717) is 0 Å². The molecule has 0 radical (unpaired) electrons. The second-order valence-corrected chi connectivity index (χ2v) is 3.56. The highest BCUT2D eigenvalue weighted by atomic mass is 16.5. The summed E-state index contributed by atoms with van der Waals surface area (Å²) in [6.07, 6.45) is 1.77. The molecule has 0 saturated carbocycles. The highest BCUT2D eigenvalue weighted by Crippen LogP contribution is 2.25. The molecule has 3 heteroatoms. The lowest BCUT2D eigenvalue weighted by Gasteiger charge is -2.15. The third-order valence-corrected chi connectivity index (χ3v) is 2.28. The lowest BCUT2D eigenvalue weighted by molar-refractivity contribution is 0.266. The number of ether oxygens (including phenoxy) is 2. The first-order valence-corrected chi connectivity index (χ1v) is 5.32. The maximum Gasteiger partial charge on any atom is 0.124 e. The molecule has 0 aromatic heterocycles. The predicted molar refractivity (Wildman–Crippen MR) is 66.0 cm³/mol. The summed E-state index contributed by atoms with van der Waals surface area (Å²) in [6, 6.07) is 5.79. The van der Waals surface area contributed by atoms with Gasteiger partial charge in [0.2, 0.25) is 0 Å². The molecule has 1 atom stereocenters. The third kappa shape index (κ3) is 3.28. The summed E-state index contributed by atoms with van der Waals surface area (Å²) in [6.45, 7) is 6.41. The number of rotatable bonds is 6. The van der Waals surface area contributed by atoms with Crippen LogP contribution in [0.5, 0.6) is 11.5 Å². The average molecular weight is 221 g/mol. The Morgan fingerprint density at radius 2 is 2.25 bits per heavy atom. The van der Waals surface area contributed by atoms with E-state index in [4.69, 9.17) is 9.47 Å². The number of benzene rings is 1. The summed E-state index contributed by atoms with van der Waals surface area (Å²) in [5.74, 6) is 1.70. The van der Waals surface area contributed by atoms with Crippen molar-refractivity contribution in [3.63, 3.8) is 0 Å². The molecule has 0 amide bonds. The van der Waals surface area contributed by atoms with Crippen molar-refractivity contribution in [1.29, 1.82) is 0 Å². The standard InChI is InChI=1S/C13H19NO2/c1-5-10(2)16-13-7-6-12(15-4)8-11(13)9-14-3/h5-8,10,14H,1,9H2,2-4H3. The van der Waals surface area contributed by atoms with E-state index in [1.807, 2.05) is 32.2 Å². The van der Waals surface area contributed by atoms with Crippen LogP contribution in [0.2, 0.25) is 0 Å². The highest BCUT2D eigenvalue weighted by molar-refractivity contribution is 5.40. The number of hydrogen-bond donors (Lipinski definition) is 1. The van der Waals surface area contributed by atoms with Crippen molar-refractivity contribution in [3.05, 3.63) is 36.4 Å². The fraction of sp³-hybridized carbons (Fsp3) is 0.385. The average Bonchev–Trinajstić information content (AvgIpc) is 2.31. The zero-order chi connectivity index (χ0) is 12.0. The van der Waals surface area contributed by atoms with Crippen LogP contribution in [0.15, 0.2) is 30.9 Å². The molecule has 1 N–H and O–H groups in total. The van der Waals surface area contributed by atoms with Gasteiger partial charge in [-0.05, 0) is 32.2 Å². The van der Waals surface area contributed by atoms with Gasteiger partial charge in [-0.1, -0.05) is 12.7 Å². The molecule has 0 spiro atoms. The minimum absolute atomic E-state index is 0.00370. The van der Waals surface area contributed by atoms with Gasteiger partial charge in [-0.15, -0.1) is 0 Å². The second-order valence-electron chi connectivity index (χ2n) is 3.56. The van der Waals surface area contributed by atoms with Crippen LogP contribution in [-0.2, 0) is 6.54 Å². The smallest absolute Gasteiger partial charge is 0.124 e. The molecule has 1 rings (SSSR count). The van der Waals surface area contributed by atoms with E-state index in [9.17, 15) is 0 Å². The van der Waals surface area contributed by atoms with Crippen molar-refractivity contribution in [2.75, 3.05) is 14.2 Å². The minimum atomic E-state index is 0.00370. The van der Waals surface area contributed by atoms with Gasteiger partial charge in [0.1, 0.15) is 17.6 Å². The molecule has 88 valence electrons. The largest absolute Gasteiger partial charge is 0.497 e. The Bertz CT molecular complexity index is 350. The normalized spacial score (nSPS) is 11.9. The fourth-order valence-electron chi connectivity index (χ4n) is 1.37. The zero-order valence-electron chi connectivity index (χ0n) is 10.1. The van der Waals surface area contributed by atoms with Crippen LogP contribution in [0.25, 0.3) is 0 Å². The molecule has 1 aromatic carbocycles. The first-order chi connectivity index (χ1) is 7.71. The van der Waals surface area contributed by atoms with Gasteiger partial charge in [-0.2, -0.15) is 0 Å². The van der Waals surface area contributed by atoms with Crippen LogP contribution in [0.4, 0.5) is 0 Å². The molecule has 1 unspecified atom stereocenters. The van der Waals surface area contributed by atoms with Crippen LogP contribution in [0, 0.1) is 0 Å². The first kappa shape index (κ1) is 12.6. The number of hydrogen-bond acceptors (Lipinski definition) is 3. The maximum absolute atomic E-state index is 5.73. The summed E-state index contributed by atoms with van der Waals surface area (Å²) in [5, 5.41) is 3.11. The van der Waals surface area contributed by atoms with Crippen molar-refractivity contribution in [1.82, 2.24) is 5.32 Å². The predicted octanol–water partition coefficient (Wildman–Crippen LogP) is 2.37. The summed E-state index contributed by atoms with van der Waals surface area (Å²) in [4.78, 5) is 0. The Morgan fingerprint density at radius 3 is 2.81 bits per heavy atom. The van der Waals surface area contributed by atoms with Gasteiger partial charge in [-0.25, -0.2) is 0 Å². The van der Waals surface area contributed by atoms with Gasteiger partial charge in [0.25, 0.3) is 0 Å². The quantitative estimate of drug-likeness (QED) is 0.748. The van der Waals surface area contributed by atoms with E-state index in [1.54, 1.807) is 13.2 Å². The van der Waals surface area contributed by atoms with Gasteiger partial charge in [0, 0.05) is 12.1 Å². The van der Waals surface area contributed by atoms with Crippen LogP contribution >= 0.6 is 0 Å². The SMILES string of the molecule is C=CC(C)Oc1ccc(OC)cc1CNC. The number of nitrogens with one attached hydrogen (secondary N) is 1. The van der Waals surface area contributed by atoms with E-state index in [-0.39, 0.29) is 6.10 Å². The monoisotopic (exact) mass is 221 g/mol. The Balaban J connectivity index is 2.92. The van der Waals surface area contributed by atoms with Crippen LogP contribution in [-0.4, -0.2) is 20.3 Å². The molecular formula is C13H19NO2. The summed E-state index contributed by atoms with van der Waals surface area (Å²) in [5.41, 5.74) is 1.08. The lowest BCUT2D eigenvalue weighted by atomic mass is 10.2. The molecular weight excluding hydrogens is 202 g/mol. The Morgan fingerprint density at radius 1 is 1.50 bits per heavy atom. The lowest BCUT2D eigenvalue weighted by Crippen LogP contribution is -2.12. The molecule has 0 aliphatic rings. The Hall–Kier alpha value is -1.48. The first-order valence-electron chi connectivity index (χ1n) is 5.32. The third-order valence-electron chi connectivity index (χ3n) is 2.28. The van der Waals surface area contributed by atoms with Gasteiger partial charge in [0.15, 0.2) is 0 Å². The zero-order valence-corrected chi connectivity index (χ0v) is 10.1. The van der Waals surface area contributed by atoms with Crippen molar-refractivity contribution < 1.29 is 9.47 Å². The molecule has 16 heavy (non-hydrogen) atoms. The molecule has 0 bridgehead atoms. The molecule has 0 saturated heterocycles. The molecule has 0 fully saturated rings. The minimum Gasteiger partial charge on any atom is -0.497 e. The summed E-state index contributed by atoms with van der Waals surface area (Å²) in [7, 11) is 3.56. The highest BCUT2D eigenvalue weighted by Gasteiger charge is 2.07. The number of methoxy groups -OCH3 is 1. The van der Waals surface area contributed by atoms with Gasteiger partial charge >= 0.3 is 0 Å². The van der Waals surface area contributed by atoms with Gasteiger partial charge in [-0.3, -0.25) is 0 Å². The molecule has 1 aromatic rings. The molecule has 0 aliphatic heterocycles. The Kier molecular flexibility index (Phi) is 4.86. The molecule has 0 aliphatic carbocycles. The van der Waals surface area contributed by atoms with Gasteiger partial charge in [0.05, 0.1) is 7.11 Å². The van der Waals surface area contributed by atoms with E-state index < -0.39 is 0 Å². The van der Waals surface area contributed by atoms with Crippen molar-refractivity contribution in [2.24, 2.45) is 0 Å². The second kappa shape index (κ2) is 6.18. The summed E-state index contributed by atoms with van der Waals surface area (Å²) < 4.78 is 10.9. The van der Waals surface area contributed by atoms with E-state index >= 15 is 0 Å². The van der Waals surface area contributed by atoms with E-state index in [2.05, 4.69) is 11.9 Å². The van der Waals surface area contributed by atoms with Crippen LogP contribution in [0.3, 0.4) is 0 Å². The van der Waals surface area contributed by atoms with Crippen LogP contribution in [0.1, 0.15) is 12.5 Å². The van der Waals surface area contributed by atoms with Crippen molar-refractivity contribution in [2.45, 2.75) is 19.6 Å². The maximum atomic E-state index is 5.73. The summed E-state index contributed by atoms with van der Waals surface area (Å²) >= 11 is 0. The van der Waals surface area contributed by atoms with E-state index in [0.717, 1.165) is 23.6 Å². The van der Waals surface area contributed by atoms with Gasteiger partial charge < -0.3 is 14.8 Å². The van der Waals surface area contributed by atoms with Crippen molar-refractivity contribution >= 4 is 0 Å². The molecule has 3 nitrogen and oxygen atoms in total. The van der Waals surface area contributed by atoms with E-state index in [1.165, 1.54) is 0 Å². The van der Waals surface area contributed by atoms with Crippen LogP contribution < -0.4 is 14.8 Å². The molecule has 0 heterocycles. The fourth-order valence-corrected chi connectivity index (χ4v) is 1.37.